The third-order valence-corrected chi connectivity index (χ3v) is 6.93. The molecule has 0 aliphatic carbocycles. The predicted octanol–water partition coefficient (Wildman–Crippen LogP) is 3.63. The fourth-order valence-electron chi connectivity index (χ4n) is 0.531. The van der Waals surface area contributed by atoms with E-state index in [-0.39, 0.29) is 0 Å². The zero-order chi connectivity index (χ0) is 12.7. The van der Waals surface area contributed by atoms with Crippen molar-refractivity contribution >= 4 is 8.32 Å². The molecule has 0 saturated carbocycles. The molecule has 0 atom stereocenters. The summed E-state index contributed by atoms with van der Waals surface area (Å²) >= 11 is 0. The van der Waals surface area contributed by atoms with Gasteiger partial charge in [0.05, 0.1) is 0 Å². The summed E-state index contributed by atoms with van der Waals surface area (Å²) in [5, 5.41) is 0.308. The summed E-state index contributed by atoms with van der Waals surface area (Å²) in [6.45, 7) is 19.0. The smallest absolute Gasteiger partial charge is 0.192 e. The molecule has 0 spiro atoms. The van der Waals surface area contributed by atoms with E-state index in [1.165, 1.54) is 0 Å². The number of nitrogens with two attached hydrogens (primary N) is 1. The van der Waals surface area contributed by atoms with Crippen LogP contribution in [0.3, 0.4) is 0 Å². The Kier molecular flexibility index (Phi) is 8.67. The molecule has 2 nitrogen and oxygen atoms in total. The molecule has 0 bridgehead atoms. The highest BCUT2D eigenvalue weighted by Crippen LogP contribution is 2.36. The lowest BCUT2D eigenvalue weighted by Gasteiger charge is -2.35. The van der Waals surface area contributed by atoms with E-state index in [2.05, 4.69) is 54.6 Å². The summed E-state index contributed by atoms with van der Waals surface area (Å²) in [5.41, 5.74) is 5.38. The Morgan fingerprint density at radius 1 is 1.13 bits per heavy atom. The van der Waals surface area contributed by atoms with E-state index in [4.69, 9.17) is 10.2 Å². The molecule has 0 aromatic heterocycles. The van der Waals surface area contributed by atoms with Gasteiger partial charge in [-0.15, -0.1) is 0 Å². The SMILES string of the molecule is CC(C)(C)[Si](C)(C)OCCN.CC(C)C. The average Bonchev–Trinajstić information content (AvgIpc) is 1.97. The Morgan fingerprint density at radius 3 is 1.67 bits per heavy atom. The zero-order valence-corrected chi connectivity index (χ0v) is 13.0. The minimum atomic E-state index is -1.51. The maximum absolute atomic E-state index is 5.76. The van der Waals surface area contributed by atoms with Crippen LogP contribution >= 0.6 is 0 Å². The second kappa shape index (κ2) is 7.42. The van der Waals surface area contributed by atoms with Crippen LogP contribution in [-0.2, 0) is 4.43 Å². The van der Waals surface area contributed by atoms with E-state index in [0.717, 1.165) is 5.92 Å². The van der Waals surface area contributed by atoms with E-state index >= 15 is 0 Å². The topological polar surface area (TPSA) is 35.2 Å². The Morgan fingerprint density at radius 2 is 1.47 bits per heavy atom. The van der Waals surface area contributed by atoms with Crippen molar-refractivity contribution in [1.82, 2.24) is 0 Å². The minimum absolute atomic E-state index is 0.308. The monoisotopic (exact) mass is 233 g/mol. The first-order valence-corrected chi connectivity index (χ1v) is 8.79. The van der Waals surface area contributed by atoms with Gasteiger partial charge in [0.25, 0.3) is 0 Å². The fraction of sp³-hybridized carbons (Fsp3) is 1.00. The third-order valence-electron chi connectivity index (χ3n) is 2.39. The molecule has 0 aromatic rings. The molecule has 0 aromatic carbocycles. The lowest BCUT2D eigenvalue weighted by atomic mass is 10.2. The molecular formula is C12H31NOSi. The maximum Gasteiger partial charge on any atom is 0.192 e. The summed E-state index contributed by atoms with van der Waals surface area (Å²) in [4.78, 5) is 0. The molecular weight excluding hydrogens is 202 g/mol. The van der Waals surface area contributed by atoms with Crippen LogP contribution in [0.2, 0.25) is 18.1 Å². The zero-order valence-electron chi connectivity index (χ0n) is 12.0. The van der Waals surface area contributed by atoms with Gasteiger partial charge >= 0.3 is 0 Å². The lowest BCUT2D eigenvalue weighted by Crippen LogP contribution is -2.41. The molecule has 0 fully saturated rings. The van der Waals surface area contributed by atoms with Gasteiger partial charge in [0.15, 0.2) is 8.32 Å². The second-order valence-electron chi connectivity index (χ2n) is 6.13. The number of hydrogen-bond acceptors (Lipinski definition) is 2. The minimum Gasteiger partial charge on any atom is -0.416 e. The van der Waals surface area contributed by atoms with E-state index in [9.17, 15) is 0 Å². The van der Waals surface area contributed by atoms with Crippen molar-refractivity contribution < 1.29 is 4.43 Å². The summed E-state index contributed by atoms with van der Waals surface area (Å²) in [6, 6.07) is 0. The van der Waals surface area contributed by atoms with Gasteiger partial charge in [0.1, 0.15) is 0 Å². The molecule has 0 aliphatic heterocycles. The van der Waals surface area contributed by atoms with Crippen LogP contribution in [0.25, 0.3) is 0 Å². The van der Waals surface area contributed by atoms with Gasteiger partial charge in [-0.25, -0.2) is 0 Å². The standard InChI is InChI=1S/C8H21NOSi.C4H10/c1-8(2,3)11(4,5)10-7-6-9;1-4(2)3/h6-7,9H2,1-5H3;4H,1-3H3. The van der Waals surface area contributed by atoms with Gasteiger partial charge < -0.3 is 10.2 Å². The van der Waals surface area contributed by atoms with E-state index in [0.29, 0.717) is 18.2 Å². The quantitative estimate of drug-likeness (QED) is 0.756. The van der Waals surface area contributed by atoms with Gasteiger partial charge in [0.2, 0.25) is 0 Å². The Bertz CT molecular complexity index is 147. The van der Waals surface area contributed by atoms with Gasteiger partial charge in [-0.1, -0.05) is 41.5 Å². The van der Waals surface area contributed by atoms with Crippen molar-refractivity contribution in [1.29, 1.82) is 0 Å². The van der Waals surface area contributed by atoms with Crippen LogP contribution in [0.1, 0.15) is 41.5 Å². The van der Waals surface area contributed by atoms with Crippen molar-refractivity contribution in [3.8, 4) is 0 Å². The molecule has 0 amide bonds. The molecule has 0 heterocycles. The predicted molar refractivity (Wildman–Crippen MR) is 72.7 cm³/mol. The van der Waals surface area contributed by atoms with Gasteiger partial charge in [-0.05, 0) is 24.1 Å². The molecule has 0 radical (unpaired) electrons. The van der Waals surface area contributed by atoms with Crippen LogP contribution in [0.5, 0.6) is 0 Å². The molecule has 3 heteroatoms. The summed E-state index contributed by atoms with van der Waals surface area (Å²) in [5.74, 6) is 0.833. The highest BCUT2D eigenvalue weighted by atomic mass is 28.4. The van der Waals surface area contributed by atoms with Crippen LogP contribution in [0.4, 0.5) is 0 Å². The molecule has 0 unspecified atom stereocenters. The van der Waals surface area contributed by atoms with Crippen LogP contribution in [-0.4, -0.2) is 21.5 Å². The van der Waals surface area contributed by atoms with Crippen molar-refractivity contribution in [2.24, 2.45) is 11.7 Å². The van der Waals surface area contributed by atoms with Crippen LogP contribution < -0.4 is 5.73 Å². The Labute approximate surface area is 97.7 Å². The Balaban J connectivity index is 0. The molecule has 0 rings (SSSR count). The van der Waals surface area contributed by atoms with Gasteiger partial charge in [-0.3, -0.25) is 0 Å². The Hall–Kier alpha value is 0.137. The van der Waals surface area contributed by atoms with E-state index in [1.807, 2.05) is 0 Å². The second-order valence-corrected chi connectivity index (χ2v) is 10.9. The van der Waals surface area contributed by atoms with Crippen molar-refractivity contribution in [3.05, 3.63) is 0 Å². The van der Waals surface area contributed by atoms with Crippen molar-refractivity contribution in [3.63, 3.8) is 0 Å². The van der Waals surface area contributed by atoms with Gasteiger partial charge in [-0.2, -0.15) is 0 Å². The molecule has 0 saturated heterocycles. The third kappa shape index (κ3) is 10.4. The maximum atomic E-state index is 5.76. The highest BCUT2D eigenvalue weighted by molar-refractivity contribution is 6.74. The number of hydrogen-bond donors (Lipinski definition) is 1. The summed E-state index contributed by atoms with van der Waals surface area (Å²) < 4.78 is 5.76. The van der Waals surface area contributed by atoms with Crippen molar-refractivity contribution in [2.75, 3.05) is 13.2 Å². The molecule has 15 heavy (non-hydrogen) atoms. The largest absolute Gasteiger partial charge is 0.416 e. The number of rotatable bonds is 3. The lowest BCUT2D eigenvalue weighted by molar-refractivity contribution is 0.297. The first-order chi connectivity index (χ1) is 6.54. The fourth-order valence-corrected chi connectivity index (χ4v) is 1.59. The normalized spacial score (nSPS) is 12.4. The molecule has 2 N–H and O–H groups in total. The van der Waals surface area contributed by atoms with Crippen LogP contribution in [0, 0.1) is 5.92 Å². The average molecular weight is 233 g/mol. The van der Waals surface area contributed by atoms with E-state index < -0.39 is 8.32 Å². The van der Waals surface area contributed by atoms with Gasteiger partial charge in [0, 0.05) is 13.2 Å². The first kappa shape index (κ1) is 17.5. The summed E-state index contributed by atoms with van der Waals surface area (Å²) in [6.07, 6.45) is 0. The molecule has 0 aliphatic rings. The summed E-state index contributed by atoms with van der Waals surface area (Å²) in [7, 11) is -1.51. The highest BCUT2D eigenvalue weighted by Gasteiger charge is 2.36. The van der Waals surface area contributed by atoms with Crippen molar-refractivity contribution in [2.45, 2.75) is 59.7 Å². The molecule has 94 valence electrons. The van der Waals surface area contributed by atoms with Crippen LogP contribution in [0.15, 0.2) is 0 Å². The van der Waals surface area contributed by atoms with E-state index in [1.54, 1.807) is 0 Å². The first-order valence-electron chi connectivity index (χ1n) is 5.88.